The van der Waals surface area contributed by atoms with E-state index in [1.54, 1.807) is 36.4 Å². The highest BCUT2D eigenvalue weighted by atomic mass is 16.6. The molecule has 0 aromatic heterocycles. The van der Waals surface area contributed by atoms with Crippen molar-refractivity contribution in [2.75, 3.05) is 54.1 Å². The summed E-state index contributed by atoms with van der Waals surface area (Å²) < 4.78 is 22.3. The van der Waals surface area contributed by atoms with Crippen LogP contribution in [0.25, 0.3) is 5.76 Å². The summed E-state index contributed by atoms with van der Waals surface area (Å²) in [6, 6.07) is 9.19. The number of Topliss-reactive ketones (excluding diaryl/α,β-unsaturated/α-hetero) is 1. The monoisotopic (exact) mass is 496 g/mol. The molecule has 0 saturated carbocycles. The topological polar surface area (TPSA) is 102 Å². The van der Waals surface area contributed by atoms with E-state index in [0.717, 1.165) is 6.54 Å². The van der Waals surface area contributed by atoms with E-state index in [4.69, 9.17) is 18.9 Å². The molecule has 1 saturated heterocycles. The molecule has 1 N–H and O–H groups in total. The van der Waals surface area contributed by atoms with Crippen LogP contribution in [0.5, 0.6) is 23.0 Å². The molecule has 9 nitrogen and oxygen atoms in total. The van der Waals surface area contributed by atoms with E-state index in [1.807, 2.05) is 21.0 Å². The molecule has 0 spiro atoms. The van der Waals surface area contributed by atoms with Gasteiger partial charge in [-0.1, -0.05) is 17.9 Å². The summed E-state index contributed by atoms with van der Waals surface area (Å²) in [7, 11) is 5.57. The number of carbonyl (C=O) groups is 2. The number of rotatable bonds is 9. The van der Waals surface area contributed by atoms with E-state index in [-0.39, 0.29) is 11.1 Å². The predicted molar refractivity (Wildman–Crippen MR) is 130 cm³/mol. The average molecular weight is 497 g/mol. The van der Waals surface area contributed by atoms with Crippen molar-refractivity contribution in [1.29, 1.82) is 0 Å². The van der Waals surface area contributed by atoms with Crippen LogP contribution < -0.4 is 29.0 Å². The zero-order valence-corrected chi connectivity index (χ0v) is 21.1. The Morgan fingerprint density at radius 2 is 1.83 bits per heavy atom. The molecule has 2 aromatic carbocycles. The lowest BCUT2D eigenvalue weighted by Gasteiger charge is -2.28. The highest BCUT2D eigenvalue weighted by Gasteiger charge is 2.44. The van der Waals surface area contributed by atoms with Crippen LogP contribution in [0.2, 0.25) is 0 Å². The minimum atomic E-state index is -0.840. The second kappa shape index (κ2) is 10.9. The van der Waals surface area contributed by atoms with Crippen LogP contribution in [0, 0.1) is 0 Å². The normalized spacial score (nSPS) is 18.6. The Bertz CT molecular complexity index is 1170. The first-order chi connectivity index (χ1) is 17.3. The first kappa shape index (κ1) is 25.4. The van der Waals surface area contributed by atoms with Crippen LogP contribution in [-0.4, -0.2) is 70.7 Å². The van der Waals surface area contributed by atoms with Gasteiger partial charge >= 0.3 is 0 Å². The van der Waals surface area contributed by atoms with Crippen LogP contribution >= 0.6 is 0 Å². The van der Waals surface area contributed by atoms with Gasteiger partial charge in [-0.15, -0.1) is 0 Å². The lowest BCUT2D eigenvalue weighted by molar-refractivity contribution is -0.858. The molecule has 1 atom stereocenters. The van der Waals surface area contributed by atoms with Crippen molar-refractivity contribution >= 4 is 17.4 Å². The molecule has 4 rings (SSSR count). The number of nitrogens with one attached hydrogen (secondary N) is 1. The Balaban J connectivity index is 1.81. The second-order valence-corrected chi connectivity index (χ2v) is 8.99. The van der Waals surface area contributed by atoms with Crippen molar-refractivity contribution < 1.29 is 38.5 Å². The van der Waals surface area contributed by atoms with Crippen molar-refractivity contribution in [3.8, 4) is 23.0 Å². The van der Waals surface area contributed by atoms with Gasteiger partial charge in [0, 0.05) is 18.5 Å². The Kier molecular flexibility index (Phi) is 7.69. The molecular formula is C27H32N2O7. The van der Waals surface area contributed by atoms with Crippen LogP contribution in [0.4, 0.5) is 0 Å². The molecule has 192 valence electrons. The van der Waals surface area contributed by atoms with Crippen molar-refractivity contribution in [2.45, 2.75) is 19.4 Å². The van der Waals surface area contributed by atoms with Gasteiger partial charge in [0.25, 0.3) is 5.91 Å². The maximum Gasteiger partial charge on any atom is 0.295 e. The fourth-order valence-corrected chi connectivity index (χ4v) is 4.52. The minimum Gasteiger partial charge on any atom is -0.872 e. The number of likely N-dealkylation sites (tertiary alicyclic amines) is 1. The number of nitrogens with zero attached hydrogens (tertiary/aromatic N) is 1. The summed E-state index contributed by atoms with van der Waals surface area (Å²) in [5.41, 5.74) is 0.783. The Morgan fingerprint density at radius 3 is 2.53 bits per heavy atom. The highest BCUT2D eigenvalue weighted by Crippen LogP contribution is 2.42. The number of benzene rings is 2. The van der Waals surface area contributed by atoms with Gasteiger partial charge in [-0.3, -0.25) is 9.59 Å². The molecule has 1 fully saturated rings. The number of hydrogen-bond acceptors (Lipinski definition) is 7. The van der Waals surface area contributed by atoms with Gasteiger partial charge < -0.3 is 33.9 Å². The van der Waals surface area contributed by atoms with Gasteiger partial charge in [-0.2, -0.15) is 0 Å². The first-order valence-corrected chi connectivity index (χ1v) is 12.1. The van der Waals surface area contributed by atoms with Gasteiger partial charge in [0.05, 0.1) is 40.4 Å². The summed E-state index contributed by atoms with van der Waals surface area (Å²) >= 11 is 0. The SMILES string of the molecule is CCOc1ccc(C2/C(=C(\[O-])c3ccc4c(c3)OCCO4)C(=O)C(=O)N2CCC[NH+](C)C)cc1OC. The lowest BCUT2D eigenvalue weighted by atomic mass is 9.94. The molecule has 1 amide bonds. The quantitative estimate of drug-likeness (QED) is 0.309. The summed E-state index contributed by atoms with van der Waals surface area (Å²) in [4.78, 5) is 29.1. The number of ketones is 1. The number of ether oxygens (including phenoxy) is 4. The van der Waals surface area contributed by atoms with Gasteiger partial charge in [0.1, 0.15) is 13.2 Å². The summed E-state index contributed by atoms with van der Waals surface area (Å²) in [6.45, 7) is 4.27. The largest absolute Gasteiger partial charge is 0.872 e. The summed E-state index contributed by atoms with van der Waals surface area (Å²) in [6.07, 6.45) is 0.678. The molecule has 0 bridgehead atoms. The number of carbonyl (C=O) groups excluding carboxylic acids is 2. The fourth-order valence-electron chi connectivity index (χ4n) is 4.52. The van der Waals surface area contributed by atoms with Gasteiger partial charge in [0.2, 0.25) is 5.78 Å². The molecule has 2 heterocycles. The van der Waals surface area contributed by atoms with Crippen LogP contribution in [-0.2, 0) is 9.59 Å². The molecular weight excluding hydrogens is 464 g/mol. The van der Waals surface area contributed by atoms with Crippen LogP contribution in [0.3, 0.4) is 0 Å². The van der Waals surface area contributed by atoms with E-state index in [2.05, 4.69) is 0 Å². The maximum absolute atomic E-state index is 13.7. The number of quaternary nitrogens is 1. The Hall–Kier alpha value is -3.72. The van der Waals surface area contributed by atoms with Crippen molar-refractivity contribution in [2.24, 2.45) is 0 Å². The number of hydrogen-bond donors (Lipinski definition) is 1. The van der Waals surface area contributed by atoms with Gasteiger partial charge in [0.15, 0.2) is 23.0 Å². The molecule has 36 heavy (non-hydrogen) atoms. The van der Waals surface area contributed by atoms with E-state index in [9.17, 15) is 14.7 Å². The Morgan fingerprint density at radius 1 is 1.08 bits per heavy atom. The van der Waals surface area contributed by atoms with E-state index >= 15 is 0 Å². The highest BCUT2D eigenvalue weighted by molar-refractivity contribution is 6.46. The molecule has 0 aliphatic carbocycles. The molecule has 2 aliphatic heterocycles. The standard InChI is InChI=1S/C27H32N2O7/c1-5-34-19-9-7-17(15-21(19)33-4)24-23(26(31)27(32)29(24)12-6-11-28(2)3)25(30)18-8-10-20-22(16-18)36-14-13-35-20/h7-10,15-16,24,30H,5-6,11-14H2,1-4H3/b25-23+. The molecule has 1 unspecified atom stereocenters. The third-order valence-corrected chi connectivity index (χ3v) is 6.21. The number of methoxy groups -OCH3 is 1. The summed E-state index contributed by atoms with van der Waals surface area (Å²) in [5.74, 6) is 0.00925. The zero-order valence-electron chi connectivity index (χ0n) is 21.1. The van der Waals surface area contributed by atoms with Crippen molar-refractivity contribution in [1.82, 2.24) is 4.90 Å². The Labute approximate surface area is 210 Å². The minimum absolute atomic E-state index is 0.0832. The smallest absolute Gasteiger partial charge is 0.295 e. The van der Waals surface area contributed by atoms with Crippen molar-refractivity contribution in [3.05, 3.63) is 53.1 Å². The van der Waals surface area contributed by atoms with Crippen molar-refractivity contribution in [3.63, 3.8) is 0 Å². The number of amides is 1. The van der Waals surface area contributed by atoms with Crippen LogP contribution in [0.1, 0.15) is 30.5 Å². The average Bonchev–Trinajstić information content (AvgIpc) is 3.13. The molecule has 2 aromatic rings. The second-order valence-electron chi connectivity index (χ2n) is 8.99. The van der Waals surface area contributed by atoms with Gasteiger partial charge in [-0.05, 0) is 42.3 Å². The zero-order chi connectivity index (χ0) is 25.8. The lowest BCUT2D eigenvalue weighted by Crippen LogP contribution is -3.05. The summed E-state index contributed by atoms with van der Waals surface area (Å²) in [5, 5.41) is 13.7. The van der Waals surface area contributed by atoms with Gasteiger partial charge in [-0.25, -0.2) is 0 Å². The fraction of sp³-hybridized carbons (Fsp3) is 0.407. The maximum atomic E-state index is 13.7. The molecule has 2 aliphatic rings. The third kappa shape index (κ3) is 4.97. The van der Waals surface area contributed by atoms with E-state index < -0.39 is 23.5 Å². The predicted octanol–water partition coefficient (Wildman–Crippen LogP) is 0.624. The molecule has 9 heteroatoms. The molecule has 0 radical (unpaired) electrons. The van der Waals surface area contributed by atoms with E-state index in [1.165, 1.54) is 16.9 Å². The van der Waals surface area contributed by atoms with Crippen LogP contribution in [0.15, 0.2) is 42.0 Å². The van der Waals surface area contributed by atoms with E-state index in [0.29, 0.717) is 61.3 Å². The first-order valence-electron chi connectivity index (χ1n) is 12.1. The third-order valence-electron chi connectivity index (χ3n) is 6.21. The number of fused-ring (bicyclic) bond motifs is 1.